The summed E-state index contributed by atoms with van der Waals surface area (Å²) in [5, 5.41) is 8.82. The highest BCUT2D eigenvalue weighted by atomic mass is 79.9. The Hall–Kier alpha value is -1.69. The van der Waals surface area contributed by atoms with Gasteiger partial charge in [-0.25, -0.2) is 9.78 Å². The molecule has 0 atom stereocenters. The van der Waals surface area contributed by atoms with Crippen molar-refractivity contribution in [2.45, 2.75) is 6.92 Å². The average molecular weight is 283 g/mol. The average Bonchev–Trinajstić information content (AvgIpc) is 2.61. The van der Waals surface area contributed by atoms with Crippen LogP contribution in [0.3, 0.4) is 0 Å². The first-order chi connectivity index (χ1) is 7.58. The summed E-state index contributed by atoms with van der Waals surface area (Å²) < 4.78 is 6.06. The van der Waals surface area contributed by atoms with Crippen LogP contribution in [0, 0.1) is 6.92 Å². The molecular weight excluding hydrogens is 276 g/mol. The number of aromatic carboxylic acids is 1. The van der Waals surface area contributed by atoms with Crippen LogP contribution in [0.5, 0.6) is 0 Å². The number of rotatable bonds is 2. The number of oxazole rings is 1. The van der Waals surface area contributed by atoms with Crippen molar-refractivity contribution in [3.05, 3.63) is 34.3 Å². The maximum absolute atomic E-state index is 10.8. The van der Waals surface area contributed by atoms with Gasteiger partial charge in [-0.3, -0.25) is 4.98 Å². The molecule has 0 radical (unpaired) electrons. The molecule has 2 aromatic rings. The Morgan fingerprint density at radius 2 is 2.25 bits per heavy atom. The van der Waals surface area contributed by atoms with E-state index < -0.39 is 5.97 Å². The Balaban J connectivity index is 2.45. The first-order valence-corrected chi connectivity index (χ1v) is 5.20. The van der Waals surface area contributed by atoms with Crippen molar-refractivity contribution in [3.8, 4) is 11.6 Å². The largest absolute Gasteiger partial charge is 0.476 e. The van der Waals surface area contributed by atoms with E-state index in [1.807, 2.05) is 0 Å². The van der Waals surface area contributed by atoms with Gasteiger partial charge in [0.2, 0.25) is 5.89 Å². The zero-order valence-electron chi connectivity index (χ0n) is 8.27. The predicted molar refractivity (Wildman–Crippen MR) is 59.1 cm³/mol. The molecule has 5 nitrogen and oxygen atoms in total. The van der Waals surface area contributed by atoms with Crippen LogP contribution in [0.4, 0.5) is 0 Å². The van der Waals surface area contributed by atoms with Crippen LogP contribution in [0.15, 0.2) is 27.2 Å². The third kappa shape index (κ3) is 1.96. The summed E-state index contributed by atoms with van der Waals surface area (Å²) in [5.74, 6) is -0.626. The highest BCUT2D eigenvalue weighted by Gasteiger charge is 2.17. The highest BCUT2D eigenvalue weighted by Crippen LogP contribution is 2.21. The van der Waals surface area contributed by atoms with E-state index >= 15 is 0 Å². The summed E-state index contributed by atoms with van der Waals surface area (Å²) in [6, 6.07) is 3.48. The molecule has 0 unspecified atom stereocenters. The molecule has 0 saturated heterocycles. The van der Waals surface area contributed by atoms with Gasteiger partial charge in [0.05, 0.1) is 0 Å². The van der Waals surface area contributed by atoms with Gasteiger partial charge in [-0.05, 0) is 35.0 Å². The fourth-order valence-electron chi connectivity index (χ4n) is 1.21. The third-order valence-corrected chi connectivity index (χ3v) is 2.41. The van der Waals surface area contributed by atoms with Crippen molar-refractivity contribution in [2.24, 2.45) is 0 Å². The predicted octanol–water partition coefficient (Wildman–Crippen LogP) is 2.51. The topological polar surface area (TPSA) is 76.2 Å². The monoisotopic (exact) mass is 282 g/mol. The second-order valence-corrected chi connectivity index (χ2v) is 4.01. The van der Waals surface area contributed by atoms with Crippen LogP contribution >= 0.6 is 15.9 Å². The van der Waals surface area contributed by atoms with Crippen molar-refractivity contribution in [1.82, 2.24) is 9.97 Å². The first-order valence-electron chi connectivity index (χ1n) is 4.40. The van der Waals surface area contributed by atoms with E-state index in [0.717, 1.165) is 4.47 Å². The van der Waals surface area contributed by atoms with Gasteiger partial charge < -0.3 is 9.52 Å². The van der Waals surface area contributed by atoms with Crippen LogP contribution in [0.2, 0.25) is 0 Å². The van der Waals surface area contributed by atoms with E-state index in [-0.39, 0.29) is 17.3 Å². The lowest BCUT2D eigenvalue weighted by atomic mass is 10.3. The van der Waals surface area contributed by atoms with Crippen molar-refractivity contribution in [2.75, 3.05) is 0 Å². The second-order valence-electron chi connectivity index (χ2n) is 3.09. The molecule has 0 saturated carbocycles. The molecule has 0 aliphatic heterocycles. The zero-order chi connectivity index (χ0) is 11.7. The van der Waals surface area contributed by atoms with Crippen LogP contribution in [0.25, 0.3) is 11.6 Å². The minimum Gasteiger partial charge on any atom is -0.476 e. The molecule has 0 fully saturated rings. The van der Waals surface area contributed by atoms with E-state index in [9.17, 15) is 4.79 Å². The number of carboxylic acids is 1. The number of carboxylic acid groups (broad SMARTS) is 1. The van der Waals surface area contributed by atoms with Gasteiger partial charge in [-0.1, -0.05) is 0 Å². The van der Waals surface area contributed by atoms with Crippen molar-refractivity contribution in [1.29, 1.82) is 0 Å². The van der Waals surface area contributed by atoms with E-state index in [1.54, 1.807) is 25.3 Å². The van der Waals surface area contributed by atoms with Gasteiger partial charge in [-0.15, -0.1) is 0 Å². The summed E-state index contributed by atoms with van der Waals surface area (Å²) in [6.07, 6.45) is 1.59. The Morgan fingerprint density at radius 3 is 2.75 bits per heavy atom. The highest BCUT2D eigenvalue weighted by molar-refractivity contribution is 9.10. The molecule has 0 aromatic carbocycles. The van der Waals surface area contributed by atoms with Crippen LogP contribution in [0.1, 0.15) is 16.2 Å². The third-order valence-electron chi connectivity index (χ3n) is 1.95. The summed E-state index contributed by atoms with van der Waals surface area (Å²) >= 11 is 3.25. The van der Waals surface area contributed by atoms with Crippen molar-refractivity contribution < 1.29 is 14.3 Å². The van der Waals surface area contributed by atoms with Crippen molar-refractivity contribution in [3.63, 3.8) is 0 Å². The fourth-order valence-corrected chi connectivity index (χ4v) is 1.44. The number of pyridine rings is 1. The summed E-state index contributed by atoms with van der Waals surface area (Å²) in [6.45, 7) is 1.55. The Kier molecular flexibility index (Phi) is 2.74. The Labute approximate surface area is 99.3 Å². The Bertz CT molecular complexity index is 533. The van der Waals surface area contributed by atoms with Gasteiger partial charge in [0.15, 0.2) is 5.69 Å². The molecular formula is C10H7BrN2O3. The standard InChI is InChI=1S/C10H7BrN2O3/c1-5-8(10(14)15)13-9(16-5)7-3-2-6(11)4-12-7/h2-4H,1H3,(H,14,15). The molecule has 6 heteroatoms. The number of carbonyl (C=O) groups is 1. The van der Waals surface area contributed by atoms with E-state index in [1.165, 1.54) is 0 Å². The molecule has 2 heterocycles. The SMILES string of the molecule is Cc1oc(-c2ccc(Br)cn2)nc1C(=O)O. The summed E-state index contributed by atoms with van der Waals surface area (Å²) in [5.41, 5.74) is 0.415. The van der Waals surface area contributed by atoms with Gasteiger partial charge in [0.25, 0.3) is 0 Å². The summed E-state index contributed by atoms with van der Waals surface area (Å²) in [4.78, 5) is 18.7. The minimum absolute atomic E-state index is 0.0836. The lowest BCUT2D eigenvalue weighted by Crippen LogP contribution is -1.98. The quantitative estimate of drug-likeness (QED) is 0.916. The molecule has 2 aromatic heterocycles. The van der Waals surface area contributed by atoms with Crippen LogP contribution < -0.4 is 0 Å². The molecule has 0 spiro atoms. The van der Waals surface area contributed by atoms with E-state index in [2.05, 4.69) is 25.9 Å². The number of halogens is 1. The van der Waals surface area contributed by atoms with Gasteiger partial charge in [-0.2, -0.15) is 0 Å². The maximum atomic E-state index is 10.8. The van der Waals surface area contributed by atoms with Crippen LogP contribution in [-0.2, 0) is 0 Å². The van der Waals surface area contributed by atoms with Gasteiger partial charge in [0.1, 0.15) is 11.5 Å². The van der Waals surface area contributed by atoms with Gasteiger partial charge >= 0.3 is 5.97 Å². The molecule has 1 N–H and O–H groups in total. The number of nitrogens with zero attached hydrogens (tertiary/aromatic N) is 2. The molecule has 0 aliphatic carbocycles. The second kappa shape index (κ2) is 4.05. The van der Waals surface area contributed by atoms with E-state index in [0.29, 0.717) is 5.69 Å². The first kappa shape index (κ1) is 10.8. The van der Waals surface area contributed by atoms with E-state index in [4.69, 9.17) is 9.52 Å². The number of hydrogen-bond acceptors (Lipinski definition) is 4. The van der Waals surface area contributed by atoms with Crippen LogP contribution in [-0.4, -0.2) is 21.0 Å². The molecule has 16 heavy (non-hydrogen) atoms. The zero-order valence-corrected chi connectivity index (χ0v) is 9.85. The lowest BCUT2D eigenvalue weighted by Gasteiger charge is -1.93. The molecule has 2 rings (SSSR count). The lowest BCUT2D eigenvalue weighted by molar-refractivity contribution is 0.0689. The fraction of sp³-hybridized carbons (Fsp3) is 0.100. The Morgan fingerprint density at radius 1 is 1.50 bits per heavy atom. The smallest absolute Gasteiger partial charge is 0.358 e. The van der Waals surface area contributed by atoms with Gasteiger partial charge in [0, 0.05) is 10.7 Å². The minimum atomic E-state index is -1.11. The molecule has 0 amide bonds. The molecule has 0 bridgehead atoms. The van der Waals surface area contributed by atoms with Crippen molar-refractivity contribution >= 4 is 21.9 Å². The molecule has 82 valence electrons. The normalized spacial score (nSPS) is 10.4. The summed E-state index contributed by atoms with van der Waals surface area (Å²) in [7, 11) is 0. The maximum Gasteiger partial charge on any atom is 0.358 e. The number of hydrogen-bond donors (Lipinski definition) is 1. The number of aryl methyl sites for hydroxylation is 1. The number of aromatic nitrogens is 2. The molecule has 0 aliphatic rings.